The Morgan fingerprint density at radius 1 is 1.29 bits per heavy atom. The molecule has 6 heteroatoms. The third kappa shape index (κ3) is 5.83. The van der Waals surface area contributed by atoms with Crippen molar-refractivity contribution in [1.29, 1.82) is 0 Å². The summed E-state index contributed by atoms with van der Waals surface area (Å²) in [6.45, 7) is 6.83. The molecule has 21 heavy (non-hydrogen) atoms. The highest BCUT2D eigenvalue weighted by Gasteiger charge is 2.01. The Labute approximate surface area is 130 Å². The van der Waals surface area contributed by atoms with Crippen molar-refractivity contribution in [2.75, 3.05) is 6.61 Å². The van der Waals surface area contributed by atoms with Crippen LogP contribution in [0.4, 0.5) is 0 Å². The van der Waals surface area contributed by atoms with Crippen LogP contribution < -0.4 is 5.32 Å². The molecule has 2 rings (SSSR count). The van der Waals surface area contributed by atoms with Gasteiger partial charge in [-0.25, -0.2) is 4.68 Å². The molecular weight excluding hydrogens is 288 g/mol. The molecule has 0 aliphatic carbocycles. The van der Waals surface area contributed by atoms with Crippen LogP contribution in [0.1, 0.15) is 25.1 Å². The van der Waals surface area contributed by atoms with Gasteiger partial charge in [0.15, 0.2) is 0 Å². The van der Waals surface area contributed by atoms with Crippen molar-refractivity contribution in [1.82, 2.24) is 20.3 Å². The maximum atomic E-state index is 5.84. The zero-order valence-corrected chi connectivity index (χ0v) is 13.2. The lowest BCUT2D eigenvalue weighted by Crippen LogP contribution is -2.21. The van der Waals surface area contributed by atoms with Crippen LogP contribution >= 0.6 is 11.6 Å². The fourth-order valence-electron chi connectivity index (χ4n) is 1.77. The summed E-state index contributed by atoms with van der Waals surface area (Å²) in [7, 11) is 0. The molecule has 1 heterocycles. The standard InChI is InChI=1S/C15H21ClN4O/c1-12(2)17-9-15-10-20(19-18-15)7-8-21-11-13-3-5-14(16)6-4-13/h3-6,10,12,17H,7-9,11H2,1-2H3. The lowest BCUT2D eigenvalue weighted by molar-refractivity contribution is 0.110. The van der Waals surface area contributed by atoms with Crippen molar-refractivity contribution in [2.45, 2.75) is 39.6 Å². The molecule has 0 fully saturated rings. The maximum Gasteiger partial charge on any atom is 0.0964 e. The Bertz CT molecular complexity index is 539. The Kier molecular flexibility index (Phi) is 6.17. The number of hydrogen-bond acceptors (Lipinski definition) is 4. The Morgan fingerprint density at radius 2 is 2.05 bits per heavy atom. The molecule has 0 aliphatic rings. The van der Waals surface area contributed by atoms with Gasteiger partial charge >= 0.3 is 0 Å². The number of halogens is 1. The molecule has 0 bridgehead atoms. The first-order valence-corrected chi connectivity index (χ1v) is 7.46. The van der Waals surface area contributed by atoms with E-state index in [9.17, 15) is 0 Å². The van der Waals surface area contributed by atoms with Gasteiger partial charge in [-0.05, 0) is 17.7 Å². The third-order valence-corrected chi connectivity index (χ3v) is 3.18. The number of aromatic nitrogens is 3. The Balaban J connectivity index is 1.67. The van der Waals surface area contributed by atoms with E-state index >= 15 is 0 Å². The predicted octanol–water partition coefficient (Wildman–Crippen LogP) is 2.65. The zero-order valence-electron chi connectivity index (χ0n) is 12.4. The second-order valence-electron chi connectivity index (χ2n) is 5.19. The number of hydrogen-bond donors (Lipinski definition) is 1. The number of nitrogens with one attached hydrogen (secondary N) is 1. The summed E-state index contributed by atoms with van der Waals surface area (Å²) < 4.78 is 7.43. The van der Waals surface area contributed by atoms with Gasteiger partial charge in [-0.15, -0.1) is 5.10 Å². The van der Waals surface area contributed by atoms with Crippen LogP contribution in [-0.2, 0) is 24.4 Å². The van der Waals surface area contributed by atoms with Gasteiger partial charge in [-0.1, -0.05) is 42.8 Å². The highest BCUT2D eigenvalue weighted by atomic mass is 35.5. The fraction of sp³-hybridized carbons (Fsp3) is 0.467. The topological polar surface area (TPSA) is 52.0 Å². The normalized spacial score (nSPS) is 11.2. The van der Waals surface area contributed by atoms with E-state index in [4.69, 9.17) is 16.3 Å². The summed E-state index contributed by atoms with van der Waals surface area (Å²) in [5, 5.41) is 12.2. The number of ether oxygens (including phenoxy) is 1. The molecular formula is C15H21ClN4O. The van der Waals surface area contributed by atoms with E-state index in [2.05, 4.69) is 29.5 Å². The summed E-state index contributed by atoms with van der Waals surface area (Å²) in [4.78, 5) is 0. The summed E-state index contributed by atoms with van der Waals surface area (Å²) in [5.41, 5.74) is 2.06. The smallest absolute Gasteiger partial charge is 0.0964 e. The SMILES string of the molecule is CC(C)NCc1cn(CCOCc2ccc(Cl)cc2)nn1. The predicted molar refractivity (Wildman–Crippen MR) is 83.1 cm³/mol. The van der Waals surface area contributed by atoms with Crippen molar-refractivity contribution in [3.63, 3.8) is 0 Å². The van der Waals surface area contributed by atoms with Crippen LogP contribution in [0.5, 0.6) is 0 Å². The molecule has 0 saturated carbocycles. The fourth-order valence-corrected chi connectivity index (χ4v) is 1.89. The number of nitrogens with zero attached hydrogens (tertiary/aromatic N) is 3. The van der Waals surface area contributed by atoms with Crippen LogP contribution in [0, 0.1) is 0 Å². The van der Waals surface area contributed by atoms with E-state index in [0.29, 0.717) is 25.8 Å². The van der Waals surface area contributed by atoms with Gasteiger partial charge in [-0.2, -0.15) is 0 Å². The number of rotatable bonds is 8. The molecule has 0 spiro atoms. The first kappa shape index (κ1) is 15.9. The molecule has 0 unspecified atom stereocenters. The summed E-state index contributed by atoms with van der Waals surface area (Å²) >= 11 is 5.84. The molecule has 1 N–H and O–H groups in total. The van der Waals surface area contributed by atoms with E-state index in [1.165, 1.54) is 0 Å². The Hall–Kier alpha value is -1.43. The molecule has 1 aromatic carbocycles. The molecule has 0 radical (unpaired) electrons. The van der Waals surface area contributed by atoms with E-state index in [1.54, 1.807) is 4.68 Å². The molecule has 5 nitrogen and oxygen atoms in total. The second kappa shape index (κ2) is 8.12. The summed E-state index contributed by atoms with van der Waals surface area (Å²) in [6.07, 6.45) is 1.95. The van der Waals surface area contributed by atoms with E-state index in [0.717, 1.165) is 22.8 Å². The maximum absolute atomic E-state index is 5.84. The minimum Gasteiger partial charge on any atom is -0.375 e. The van der Waals surface area contributed by atoms with Crippen LogP contribution in [-0.4, -0.2) is 27.6 Å². The molecule has 2 aromatic rings. The van der Waals surface area contributed by atoms with E-state index < -0.39 is 0 Å². The minimum absolute atomic E-state index is 0.442. The summed E-state index contributed by atoms with van der Waals surface area (Å²) in [6, 6.07) is 8.11. The molecule has 0 amide bonds. The highest BCUT2D eigenvalue weighted by Crippen LogP contribution is 2.10. The number of benzene rings is 1. The average Bonchev–Trinajstić information content (AvgIpc) is 2.91. The zero-order chi connectivity index (χ0) is 15.1. The molecule has 0 atom stereocenters. The van der Waals surface area contributed by atoms with Gasteiger partial charge in [0.05, 0.1) is 25.5 Å². The largest absolute Gasteiger partial charge is 0.375 e. The molecule has 114 valence electrons. The van der Waals surface area contributed by atoms with Crippen LogP contribution in [0.2, 0.25) is 5.02 Å². The van der Waals surface area contributed by atoms with Crippen LogP contribution in [0.15, 0.2) is 30.5 Å². The van der Waals surface area contributed by atoms with E-state index in [-0.39, 0.29) is 0 Å². The van der Waals surface area contributed by atoms with Crippen molar-refractivity contribution in [3.8, 4) is 0 Å². The van der Waals surface area contributed by atoms with Gasteiger partial charge in [0.2, 0.25) is 0 Å². The lowest BCUT2D eigenvalue weighted by atomic mass is 10.2. The molecule has 0 aliphatic heterocycles. The minimum atomic E-state index is 0.442. The first-order valence-electron chi connectivity index (χ1n) is 7.08. The second-order valence-corrected chi connectivity index (χ2v) is 5.62. The Morgan fingerprint density at radius 3 is 2.76 bits per heavy atom. The van der Waals surface area contributed by atoms with Gasteiger partial charge in [0, 0.05) is 23.8 Å². The monoisotopic (exact) mass is 308 g/mol. The highest BCUT2D eigenvalue weighted by molar-refractivity contribution is 6.30. The van der Waals surface area contributed by atoms with Crippen molar-refractivity contribution in [2.24, 2.45) is 0 Å². The van der Waals surface area contributed by atoms with E-state index in [1.807, 2.05) is 30.5 Å². The third-order valence-electron chi connectivity index (χ3n) is 2.92. The van der Waals surface area contributed by atoms with Crippen LogP contribution in [0.25, 0.3) is 0 Å². The van der Waals surface area contributed by atoms with Gasteiger partial charge in [0.25, 0.3) is 0 Å². The summed E-state index contributed by atoms with van der Waals surface area (Å²) in [5.74, 6) is 0. The van der Waals surface area contributed by atoms with Crippen molar-refractivity contribution in [3.05, 3.63) is 46.7 Å². The first-order chi connectivity index (χ1) is 10.1. The quantitative estimate of drug-likeness (QED) is 0.762. The van der Waals surface area contributed by atoms with Gasteiger partial charge in [0.1, 0.15) is 0 Å². The average molecular weight is 309 g/mol. The van der Waals surface area contributed by atoms with Crippen LogP contribution in [0.3, 0.4) is 0 Å². The van der Waals surface area contributed by atoms with Crippen molar-refractivity contribution < 1.29 is 4.74 Å². The molecule has 0 saturated heterocycles. The van der Waals surface area contributed by atoms with Gasteiger partial charge < -0.3 is 10.1 Å². The lowest BCUT2D eigenvalue weighted by Gasteiger charge is -2.05. The van der Waals surface area contributed by atoms with Crippen molar-refractivity contribution >= 4 is 11.6 Å². The van der Waals surface area contributed by atoms with Gasteiger partial charge in [-0.3, -0.25) is 0 Å². The molecule has 1 aromatic heterocycles.